The average molecular weight is 265 g/mol. The lowest BCUT2D eigenvalue weighted by Crippen LogP contribution is -2.46. The van der Waals surface area contributed by atoms with Crippen LogP contribution in [0.1, 0.15) is 37.4 Å². The van der Waals surface area contributed by atoms with Crippen molar-refractivity contribution in [1.29, 1.82) is 0 Å². The third-order valence-corrected chi connectivity index (χ3v) is 4.64. The molecule has 2 unspecified atom stereocenters. The van der Waals surface area contributed by atoms with Gasteiger partial charge in [-0.1, -0.05) is 0 Å². The highest BCUT2D eigenvalue weighted by atomic mass is 16.5. The van der Waals surface area contributed by atoms with E-state index in [4.69, 9.17) is 15.2 Å². The highest BCUT2D eigenvalue weighted by molar-refractivity contribution is 5.07. The van der Waals surface area contributed by atoms with Gasteiger partial charge in [0.15, 0.2) is 0 Å². The molecule has 2 N–H and O–H groups in total. The molecular formula is C14H23N3O2. The number of nitrogens with zero attached hydrogens (tertiary/aromatic N) is 2. The summed E-state index contributed by atoms with van der Waals surface area (Å²) in [5, 5.41) is 0. The van der Waals surface area contributed by atoms with E-state index >= 15 is 0 Å². The Morgan fingerprint density at radius 1 is 1.42 bits per heavy atom. The monoisotopic (exact) mass is 265 g/mol. The van der Waals surface area contributed by atoms with Crippen LogP contribution in [0, 0.1) is 5.92 Å². The molecule has 5 nitrogen and oxygen atoms in total. The molecule has 0 aliphatic carbocycles. The standard InChI is InChI=1S/C14H23N3O2/c1-17-10-16-9-12(17)13(15)11-2-5-19-14(8-11)3-6-18-7-4-14/h9-11,13H,2-8,15H2,1H3. The minimum atomic E-state index is 0.0113. The van der Waals surface area contributed by atoms with Crippen LogP contribution in [0.25, 0.3) is 0 Å². The number of ether oxygens (including phenoxy) is 2. The Kier molecular flexibility index (Phi) is 3.60. The van der Waals surface area contributed by atoms with Crippen molar-refractivity contribution in [3.63, 3.8) is 0 Å². The molecule has 19 heavy (non-hydrogen) atoms. The lowest BCUT2D eigenvalue weighted by molar-refractivity contribution is -0.149. The first-order chi connectivity index (χ1) is 9.20. The predicted molar refractivity (Wildman–Crippen MR) is 71.6 cm³/mol. The Labute approximate surface area is 114 Å². The van der Waals surface area contributed by atoms with Gasteiger partial charge in [-0.15, -0.1) is 0 Å². The summed E-state index contributed by atoms with van der Waals surface area (Å²) in [7, 11) is 2.01. The predicted octanol–water partition coefficient (Wildman–Crippen LogP) is 1.40. The van der Waals surface area contributed by atoms with Gasteiger partial charge in [0.2, 0.25) is 0 Å². The van der Waals surface area contributed by atoms with E-state index in [1.54, 1.807) is 0 Å². The molecule has 0 bridgehead atoms. The molecule has 0 saturated carbocycles. The zero-order valence-electron chi connectivity index (χ0n) is 11.5. The maximum atomic E-state index is 6.46. The second-order valence-corrected chi connectivity index (χ2v) is 5.85. The summed E-state index contributed by atoms with van der Waals surface area (Å²) >= 11 is 0. The van der Waals surface area contributed by atoms with Crippen LogP contribution in [-0.2, 0) is 16.5 Å². The van der Waals surface area contributed by atoms with Crippen molar-refractivity contribution in [2.75, 3.05) is 19.8 Å². The molecule has 0 amide bonds. The van der Waals surface area contributed by atoms with Crippen molar-refractivity contribution in [2.45, 2.75) is 37.3 Å². The minimum Gasteiger partial charge on any atom is -0.381 e. The lowest BCUT2D eigenvalue weighted by Gasteiger charge is -2.44. The third kappa shape index (κ3) is 2.55. The van der Waals surface area contributed by atoms with E-state index in [2.05, 4.69) is 4.98 Å². The molecule has 2 fully saturated rings. The molecule has 3 heterocycles. The van der Waals surface area contributed by atoms with E-state index < -0.39 is 0 Å². The van der Waals surface area contributed by atoms with Gasteiger partial charge in [0, 0.05) is 39.1 Å². The first-order valence-corrected chi connectivity index (χ1v) is 7.14. The molecule has 106 valence electrons. The second-order valence-electron chi connectivity index (χ2n) is 5.85. The van der Waals surface area contributed by atoms with Gasteiger partial charge in [-0.2, -0.15) is 0 Å². The molecule has 0 aromatic carbocycles. The fraction of sp³-hybridized carbons (Fsp3) is 0.786. The fourth-order valence-corrected chi connectivity index (χ4v) is 3.39. The van der Waals surface area contributed by atoms with Crippen LogP contribution in [0.15, 0.2) is 12.5 Å². The highest BCUT2D eigenvalue weighted by Crippen LogP contribution is 2.40. The first-order valence-electron chi connectivity index (χ1n) is 7.14. The number of nitrogens with two attached hydrogens (primary N) is 1. The smallest absolute Gasteiger partial charge is 0.0946 e. The molecule has 1 aromatic rings. The van der Waals surface area contributed by atoms with E-state index in [1.807, 2.05) is 24.1 Å². The number of aryl methyl sites for hydroxylation is 1. The Morgan fingerprint density at radius 3 is 2.89 bits per heavy atom. The van der Waals surface area contributed by atoms with Crippen molar-refractivity contribution in [2.24, 2.45) is 18.7 Å². The maximum Gasteiger partial charge on any atom is 0.0946 e. The van der Waals surface area contributed by atoms with E-state index in [1.165, 1.54) is 0 Å². The van der Waals surface area contributed by atoms with Gasteiger partial charge in [-0.05, 0) is 31.6 Å². The Hall–Kier alpha value is -0.910. The summed E-state index contributed by atoms with van der Waals surface area (Å²) < 4.78 is 13.6. The van der Waals surface area contributed by atoms with Crippen LogP contribution < -0.4 is 5.73 Å². The SMILES string of the molecule is Cn1cncc1C(N)C1CCOC2(CCOCC2)C1. The summed E-state index contributed by atoms with van der Waals surface area (Å²) in [5.41, 5.74) is 7.59. The number of aromatic nitrogens is 2. The highest BCUT2D eigenvalue weighted by Gasteiger charge is 2.41. The van der Waals surface area contributed by atoms with Gasteiger partial charge in [0.1, 0.15) is 0 Å². The summed E-state index contributed by atoms with van der Waals surface area (Å²) in [4.78, 5) is 4.17. The molecule has 2 aliphatic heterocycles. The normalized spacial score (nSPS) is 28.4. The Morgan fingerprint density at radius 2 is 2.21 bits per heavy atom. The summed E-state index contributed by atoms with van der Waals surface area (Å²) in [6.07, 6.45) is 7.79. The van der Waals surface area contributed by atoms with Gasteiger partial charge in [0.25, 0.3) is 0 Å². The van der Waals surface area contributed by atoms with Gasteiger partial charge in [-0.25, -0.2) is 4.98 Å². The van der Waals surface area contributed by atoms with Gasteiger partial charge >= 0.3 is 0 Å². The zero-order chi connectivity index (χ0) is 13.3. The topological polar surface area (TPSA) is 62.3 Å². The van der Waals surface area contributed by atoms with Crippen molar-refractivity contribution in [1.82, 2.24) is 9.55 Å². The van der Waals surface area contributed by atoms with Crippen molar-refractivity contribution >= 4 is 0 Å². The zero-order valence-corrected chi connectivity index (χ0v) is 11.5. The number of rotatable bonds is 2. The number of imidazole rings is 1. The summed E-state index contributed by atoms with van der Waals surface area (Å²) in [6, 6.07) is 0.0520. The van der Waals surface area contributed by atoms with Crippen molar-refractivity contribution in [3.8, 4) is 0 Å². The second kappa shape index (κ2) is 5.23. The minimum absolute atomic E-state index is 0.0113. The van der Waals surface area contributed by atoms with Crippen LogP contribution in [0.5, 0.6) is 0 Å². The number of hydrogen-bond donors (Lipinski definition) is 1. The average Bonchev–Trinajstić information content (AvgIpc) is 2.85. The van der Waals surface area contributed by atoms with E-state index in [0.717, 1.165) is 51.2 Å². The van der Waals surface area contributed by atoms with Crippen LogP contribution in [0.4, 0.5) is 0 Å². The van der Waals surface area contributed by atoms with Crippen LogP contribution in [0.3, 0.4) is 0 Å². The molecule has 1 spiro atoms. The summed E-state index contributed by atoms with van der Waals surface area (Å²) in [5.74, 6) is 0.474. The number of hydrogen-bond acceptors (Lipinski definition) is 4. The lowest BCUT2D eigenvalue weighted by atomic mass is 9.77. The quantitative estimate of drug-likeness (QED) is 0.878. The molecular weight excluding hydrogens is 242 g/mol. The fourth-order valence-electron chi connectivity index (χ4n) is 3.39. The van der Waals surface area contributed by atoms with Gasteiger partial charge in [0.05, 0.1) is 17.6 Å². The van der Waals surface area contributed by atoms with E-state index in [0.29, 0.717) is 5.92 Å². The summed E-state index contributed by atoms with van der Waals surface area (Å²) in [6.45, 7) is 2.44. The molecule has 2 aliphatic rings. The maximum absolute atomic E-state index is 6.46. The van der Waals surface area contributed by atoms with Crippen molar-refractivity contribution < 1.29 is 9.47 Å². The van der Waals surface area contributed by atoms with Crippen LogP contribution >= 0.6 is 0 Å². The molecule has 2 saturated heterocycles. The van der Waals surface area contributed by atoms with E-state index in [-0.39, 0.29) is 11.6 Å². The van der Waals surface area contributed by atoms with Crippen LogP contribution in [0.2, 0.25) is 0 Å². The molecule has 5 heteroatoms. The molecule has 1 aromatic heterocycles. The third-order valence-electron chi connectivity index (χ3n) is 4.64. The van der Waals surface area contributed by atoms with Gasteiger partial charge < -0.3 is 19.8 Å². The van der Waals surface area contributed by atoms with Gasteiger partial charge in [-0.3, -0.25) is 0 Å². The molecule has 3 rings (SSSR count). The molecule has 0 radical (unpaired) electrons. The Balaban J connectivity index is 1.72. The molecule has 2 atom stereocenters. The van der Waals surface area contributed by atoms with Crippen LogP contribution in [-0.4, -0.2) is 35.0 Å². The van der Waals surface area contributed by atoms with Crippen molar-refractivity contribution in [3.05, 3.63) is 18.2 Å². The largest absolute Gasteiger partial charge is 0.381 e. The Bertz CT molecular complexity index is 421. The first kappa shape index (κ1) is 13.1. The van der Waals surface area contributed by atoms with E-state index in [9.17, 15) is 0 Å².